The summed E-state index contributed by atoms with van der Waals surface area (Å²) < 4.78 is 31.9. The number of carbonyl (C=O) groups excluding carboxylic acids is 3. The Morgan fingerprint density at radius 2 is 1.73 bits per heavy atom. The van der Waals surface area contributed by atoms with Crippen LogP contribution < -0.4 is 15.1 Å². The minimum absolute atomic E-state index is 0.104. The third-order valence-corrected chi connectivity index (χ3v) is 7.38. The molecule has 1 aromatic heterocycles. The molecule has 3 aromatic rings. The van der Waals surface area contributed by atoms with Crippen molar-refractivity contribution in [2.24, 2.45) is 0 Å². The van der Waals surface area contributed by atoms with Crippen LogP contribution in [0.15, 0.2) is 38.7 Å². The van der Waals surface area contributed by atoms with Crippen molar-refractivity contribution in [3.8, 4) is 28.7 Å². The quantitative estimate of drug-likeness (QED) is 0.198. The number of fused-ring (bicyclic) bond motifs is 6. The van der Waals surface area contributed by atoms with Gasteiger partial charge in [-0.2, -0.15) is 0 Å². The van der Waals surface area contributed by atoms with Crippen molar-refractivity contribution in [2.75, 3.05) is 14.2 Å². The normalized spacial score (nSPS) is 25.5. The number of Topliss-reactive ketones (excluding diaryl/α,β-unsaturated/α-hetero) is 2. The summed E-state index contributed by atoms with van der Waals surface area (Å²) in [6.07, 6.45) is -3.96. The van der Waals surface area contributed by atoms with Crippen molar-refractivity contribution in [1.29, 1.82) is 0 Å². The molecule has 0 amide bonds. The van der Waals surface area contributed by atoms with Gasteiger partial charge in [-0.25, -0.2) is 9.59 Å². The molecular weight excluding hydrogens is 536 g/mol. The van der Waals surface area contributed by atoms with E-state index < -0.39 is 92.7 Å². The molecule has 1 fully saturated rings. The maximum atomic E-state index is 13.4. The van der Waals surface area contributed by atoms with Gasteiger partial charge in [-0.1, -0.05) is 0 Å². The summed E-state index contributed by atoms with van der Waals surface area (Å²) in [6, 6.07) is 3.54. The van der Waals surface area contributed by atoms with Crippen LogP contribution in [0.4, 0.5) is 0 Å². The van der Waals surface area contributed by atoms with E-state index in [-0.39, 0.29) is 27.8 Å². The van der Waals surface area contributed by atoms with Gasteiger partial charge in [0.2, 0.25) is 11.5 Å². The Labute approximate surface area is 221 Å². The maximum absolute atomic E-state index is 13.4. The summed E-state index contributed by atoms with van der Waals surface area (Å²) in [5.74, 6) is -9.09. The van der Waals surface area contributed by atoms with Gasteiger partial charge in [0.25, 0.3) is 0 Å². The summed E-state index contributed by atoms with van der Waals surface area (Å²) in [4.78, 5) is 51.4. The summed E-state index contributed by atoms with van der Waals surface area (Å²) in [7, 11) is 2.27. The number of rotatable bonds is 2. The highest BCUT2D eigenvalue weighted by Crippen LogP contribution is 2.62. The molecule has 4 aliphatic rings. The van der Waals surface area contributed by atoms with Gasteiger partial charge in [-0.05, 0) is 17.5 Å². The van der Waals surface area contributed by atoms with Crippen molar-refractivity contribution in [1.82, 2.24) is 0 Å². The molecule has 0 radical (unpaired) electrons. The third-order valence-electron chi connectivity index (χ3n) is 7.38. The first kappa shape index (κ1) is 24.0. The summed E-state index contributed by atoms with van der Waals surface area (Å²) in [5, 5.41) is 43.1. The molecule has 4 unspecified atom stereocenters. The highest BCUT2D eigenvalue weighted by atomic mass is 16.8. The molecule has 1 aliphatic carbocycles. The fraction of sp³-hybridized carbons (Fsp3) is 0.231. The zero-order valence-corrected chi connectivity index (χ0v) is 20.3. The second-order valence-electron chi connectivity index (χ2n) is 9.40. The first-order valence-electron chi connectivity index (χ1n) is 11.6. The van der Waals surface area contributed by atoms with Crippen molar-refractivity contribution in [3.63, 3.8) is 0 Å². The Morgan fingerprint density at radius 1 is 0.975 bits per heavy atom. The highest BCUT2D eigenvalue weighted by molar-refractivity contribution is 6.29. The number of aliphatic hydroxyl groups is 1. The first-order chi connectivity index (χ1) is 19.0. The molecule has 14 heteroatoms. The van der Waals surface area contributed by atoms with Crippen LogP contribution in [0.5, 0.6) is 28.7 Å². The van der Waals surface area contributed by atoms with E-state index in [4.69, 9.17) is 23.4 Å². The molecule has 4 atom stereocenters. The smallest absolute Gasteiger partial charge is 0.374 e. The van der Waals surface area contributed by atoms with Gasteiger partial charge < -0.3 is 48.5 Å². The van der Waals surface area contributed by atoms with Crippen LogP contribution >= 0.6 is 0 Å². The number of esters is 1. The van der Waals surface area contributed by atoms with Gasteiger partial charge in [0.05, 0.1) is 30.9 Å². The van der Waals surface area contributed by atoms with Gasteiger partial charge >= 0.3 is 17.4 Å². The van der Waals surface area contributed by atoms with Gasteiger partial charge in [-0.3, -0.25) is 9.59 Å². The standard InChI is InChI=1S/C26H16O14/c1-35-9-5-8(27)12-13(15(9)28)18(31)21-14(16(12)29)22(32)26(40-21)23-20(38-23)7-3-6-4-10(24(33)36-2)37-25(34)11(6)17(30)19(7)39-26/h3-5,20,22-23,27-28,30,32H,1-2H3. The minimum atomic E-state index is -2.26. The zero-order chi connectivity index (χ0) is 28.4. The summed E-state index contributed by atoms with van der Waals surface area (Å²) in [6.45, 7) is 0. The summed E-state index contributed by atoms with van der Waals surface area (Å²) >= 11 is 0. The van der Waals surface area contributed by atoms with E-state index in [0.717, 1.165) is 13.2 Å². The van der Waals surface area contributed by atoms with Crippen molar-refractivity contribution < 1.29 is 62.9 Å². The highest BCUT2D eigenvalue weighted by Gasteiger charge is 2.72. The van der Waals surface area contributed by atoms with E-state index in [2.05, 4.69) is 4.74 Å². The molecule has 0 bridgehead atoms. The number of aromatic hydroxyl groups is 3. The monoisotopic (exact) mass is 552 g/mol. The van der Waals surface area contributed by atoms with E-state index >= 15 is 0 Å². The lowest BCUT2D eigenvalue weighted by atomic mass is 9.83. The summed E-state index contributed by atoms with van der Waals surface area (Å²) in [5.41, 5.74) is -2.59. The molecule has 204 valence electrons. The molecule has 4 N–H and O–H groups in total. The molecule has 4 heterocycles. The SMILES string of the molecule is COC(=O)c1cc2cc3c(c(O)c2c(=O)o1)OC1(OC2=C(C(=O)c4c(O)cc(OC)c(O)c4C2=O)C1O)C1OC31. The topological polar surface area (TPSA) is 212 Å². The predicted octanol–water partition coefficient (Wildman–Crippen LogP) is 0.958. The van der Waals surface area contributed by atoms with Gasteiger partial charge in [-0.15, -0.1) is 0 Å². The number of benzene rings is 2. The average molecular weight is 552 g/mol. The Balaban J connectivity index is 1.35. The number of ketones is 2. The fourth-order valence-corrected chi connectivity index (χ4v) is 5.51. The maximum Gasteiger partial charge on any atom is 0.374 e. The molecule has 2 aromatic carbocycles. The van der Waals surface area contributed by atoms with Crippen molar-refractivity contribution >= 4 is 28.3 Å². The molecule has 1 spiro atoms. The zero-order valence-electron chi connectivity index (χ0n) is 20.3. The average Bonchev–Trinajstić information content (AvgIpc) is 3.69. The van der Waals surface area contributed by atoms with Crippen LogP contribution in [0.2, 0.25) is 0 Å². The number of epoxide rings is 1. The lowest BCUT2D eigenvalue weighted by Gasteiger charge is -2.35. The number of ether oxygens (including phenoxy) is 5. The van der Waals surface area contributed by atoms with Crippen LogP contribution in [-0.4, -0.2) is 70.2 Å². The number of carbonyl (C=O) groups is 3. The van der Waals surface area contributed by atoms with E-state index in [1.807, 2.05) is 0 Å². The van der Waals surface area contributed by atoms with Crippen LogP contribution in [-0.2, 0) is 14.2 Å². The fourth-order valence-electron chi connectivity index (χ4n) is 5.51. The van der Waals surface area contributed by atoms with Crippen LogP contribution in [0, 0.1) is 0 Å². The van der Waals surface area contributed by atoms with Gasteiger partial charge in [0.15, 0.2) is 46.7 Å². The Bertz CT molecular complexity index is 1850. The Morgan fingerprint density at radius 3 is 2.42 bits per heavy atom. The number of hydrogen-bond acceptors (Lipinski definition) is 14. The lowest BCUT2D eigenvalue weighted by Crippen LogP contribution is -2.53. The second kappa shape index (κ2) is 7.52. The minimum Gasteiger partial charge on any atom is -0.507 e. The molecule has 7 rings (SSSR count). The van der Waals surface area contributed by atoms with Crippen LogP contribution in [0.25, 0.3) is 10.8 Å². The lowest BCUT2D eigenvalue weighted by molar-refractivity contribution is -0.200. The molecule has 40 heavy (non-hydrogen) atoms. The molecule has 3 aliphatic heterocycles. The molecule has 1 saturated heterocycles. The van der Waals surface area contributed by atoms with E-state index in [1.165, 1.54) is 19.2 Å². The Kier molecular flexibility index (Phi) is 4.51. The van der Waals surface area contributed by atoms with Gasteiger partial charge in [0, 0.05) is 11.6 Å². The Hall–Kier alpha value is -5.08. The first-order valence-corrected chi connectivity index (χ1v) is 11.6. The van der Waals surface area contributed by atoms with Crippen molar-refractivity contribution in [3.05, 3.63) is 62.4 Å². The third kappa shape index (κ3) is 2.73. The number of aliphatic hydroxyl groups excluding tert-OH is 1. The van der Waals surface area contributed by atoms with E-state index in [9.17, 15) is 39.6 Å². The number of phenolic OH excluding ortho intramolecular Hbond substituents is 3. The number of allylic oxidation sites excluding steroid dienone is 1. The predicted molar refractivity (Wildman–Crippen MR) is 126 cm³/mol. The largest absolute Gasteiger partial charge is 0.507 e. The second-order valence-corrected chi connectivity index (χ2v) is 9.40. The molecular formula is C26H16O14. The van der Waals surface area contributed by atoms with Crippen LogP contribution in [0.3, 0.4) is 0 Å². The molecule has 0 saturated carbocycles. The number of hydrogen-bond donors (Lipinski definition) is 4. The van der Waals surface area contributed by atoms with E-state index in [0.29, 0.717) is 0 Å². The van der Waals surface area contributed by atoms with E-state index in [1.54, 1.807) is 0 Å². The number of phenols is 3. The number of methoxy groups -OCH3 is 2. The molecule has 14 nitrogen and oxygen atoms in total. The van der Waals surface area contributed by atoms with Crippen molar-refractivity contribution in [2.45, 2.75) is 24.1 Å². The van der Waals surface area contributed by atoms with Crippen LogP contribution in [0.1, 0.15) is 42.9 Å². The van der Waals surface area contributed by atoms with Gasteiger partial charge in [0.1, 0.15) is 17.2 Å².